The van der Waals surface area contributed by atoms with Gasteiger partial charge < -0.3 is 24.4 Å². The summed E-state index contributed by atoms with van der Waals surface area (Å²) in [7, 11) is 2.93. The molecule has 2 saturated carbocycles. The molecule has 0 radical (unpaired) electrons. The number of aromatic nitrogens is 3. The number of ether oxygens (including phenoxy) is 3. The second-order valence-corrected chi connectivity index (χ2v) is 13.5. The molecule has 2 aliphatic carbocycles. The topological polar surface area (TPSA) is 119 Å². The number of para-hydroxylation sites is 1. The molecule has 0 bridgehead atoms. The van der Waals surface area contributed by atoms with Crippen LogP contribution in [0, 0.1) is 11.7 Å². The Hall–Kier alpha value is -4.20. The van der Waals surface area contributed by atoms with Gasteiger partial charge >= 0.3 is 6.18 Å². The van der Waals surface area contributed by atoms with Crippen LogP contribution in [-0.2, 0) is 14.9 Å². The van der Waals surface area contributed by atoms with Gasteiger partial charge in [0.1, 0.15) is 18.1 Å². The van der Waals surface area contributed by atoms with Crippen molar-refractivity contribution in [3.8, 4) is 22.9 Å². The van der Waals surface area contributed by atoms with Crippen LogP contribution in [-0.4, -0.2) is 83.1 Å². The number of pyridine rings is 1. The number of rotatable bonds is 10. The number of hydrogen-bond acceptors (Lipinski definition) is 7. The molecule has 3 fully saturated rings. The second-order valence-electron chi connectivity index (χ2n) is 13.5. The van der Waals surface area contributed by atoms with Crippen molar-refractivity contribution in [1.29, 1.82) is 0 Å². The molecule has 3 aromatic rings. The summed E-state index contributed by atoms with van der Waals surface area (Å²) in [5.41, 5.74) is -1.88. The standard InChI is InChI=1S/C35H41F4N5O5/c1-21(47-2)20-49-29-7-5-4-6-25(29)34(35(37,38)39)11-8-23(9-12-34)41-31(45)22-10-15-44(33(18-22)13-14-33)32(46)28-17-27(42-43-28)24-16-30(48-3)40-19-26(24)36/h4-7,16-17,19,21-23H,8-15,18,20H2,1-3H3,(H,41,45)(H,42,43)/t21-,22+,23?,34?/m1/s1. The van der Waals surface area contributed by atoms with E-state index in [-0.39, 0.29) is 90.3 Å². The molecule has 3 aliphatic rings. The van der Waals surface area contributed by atoms with E-state index in [1.54, 1.807) is 30.0 Å². The van der Waals surface area contributed by atoms with Crippen LogP contribution >= 0.6 is 0 Å². The minimum absolute atomic E-state index is 0.110. The van der Waals surface area contributed by atoms with Gasteiger partial charge in [0.25, 0.3) is 5.91 Å². The maximum absolute atomic E-state index is 14.8. The van der Waals surface area contributed by atoms with Gasteiger partial charge in [-0.3, -0.25) is 14.7 Å². The molecule has 1 saturated heterocycles. The maximum Gasteiger partial charge on any atom is 0.398 e. The molecule has 2 amide bonds. The van der Waals surface area contributed by atoms with Crippen LogP contribution in [0.3, 0.4) is 0 Å². The average molecular weight is 688 g/mol. The number of piperidine rings is 1. The number of nitrogens with zero attached hydrogens (tertiary/aromatic N) is 3. The van der Waals surface area contributed by atoms with Crippen molar-refractivity contribution in [2.45, 2.75) is 87.6 Å². The Balaban J connectivity index is 1.08. The number of halogens is 4. The summed E-state index contributed by atoms with van der Waals surface area (Å²) < 4.78 is 75.0. The fraction of sp³-hybridized carbons (Fsp3) is 0.543. The number of hydrogen-bond donors (Lipinski definition) is 2. The lowest BCUT2D eigenvalue weighted by atomic mass is 9.67. The van der Waals surface area contributed by atoms with Crippen LogP contribution in [0.1, 0.15) is 74.3 Å². The Morgan fingerprint density at radius 3 is 2.51 bits per heavy atom. The van der Waals surface area contributed by atoms with E-state index in [0.717, 1.165) is 19.0 Å². The third kappa shape index (κ3) is 6.84. The summed E-state index contributed by atoms with van der Waals surface area (Å²) in [5, 5.41) is 9.91. The number of H-pyrrole nitrogens is 1. The van der Waals surface area contributed by atoms with Crippen molar-refractivity contribution in [3.05, 3.63) is 59.7 Å². The van der Waals surface area contributed by atoms with E-state index in [2.05, 4.69) is 20.5 Å². The van der Waals surface area contributed by atoms with Gasteiger partial charge in [0.15, 0.2) is 5.82 Å². The Morgan fingerprint density at radius 1 is 1.10 bits per heavy atom. The van der Waals surface area contributed by atoms with Crippen molar-refractivity contribution >= 4 is 11.8 Å². The molecule has 14 heteroatoms. The third-order valence-corrected chi connectivity index (χ3v) is 10.5. The Morgan fingerprint density at radius 2 is 1.84 bits per heavy atom. The van der Waals surface area contributed by atoms with Crippen LogP contribution in [0.25, 0.3) is 11.3 Å². The molecule has 6 rings (SSSR count). The van der Waals surface area contributed by atoms with Gasteiger partial charge in [-0.2, -0.15) is 18.3 Å². The number of nitrogens with one attached hydrogen (secondary N) is 2. The van der Waals surface area contributed by atoms with E-state index in [4.69, 9.17) is 14.2 Å². The minimum atomic E-state index is -4.51. The molecule has 3 heterocycles. The maximum atomic E-state index is 14.8. The largest absolute Gasteiger partial charge is 0.491 e. The first-order valence-electron chi connectivity index (χ1n) is 16.6. The predicted molar refractivity (Wildman–Crippen MR) is 171 cm³/mol. The van der Waals surface area contributed by atoms with Crippen molar-refractivity contribution < 1.29 is 41.4 Å². The van der Waals surface area contributed by atoms with Crippen LogP contribution < -0.4 is 14.8 Å². The van der Waals surface area contributed by atoms with Crippen LogP contribution in [0.2, 0.25) is 0 Å². The first-order chi connectivity index (χ1) is 23.4. The minimum Gasteiger partial charge on any atom is -0.491 e. The number of benzene rings is 1. The van der Waals surface area contributed by atoms with Crippen molar-refractivity contribution in [2.75, 3.05) is 27.4 Å². The molecule has 2 N–H and O–H groups in total. The molecule has 1 aromatic carbocycles. The highest BCUT2D eigenvalue weighted by Crippen LogP contribution is 2.54. The van der Waals surface area contributed by atoms with Gasteiger partial charge in [-0.25, -0.2) is 9.37 Å². The molecule has 49 heavy (non-hydrogen) atoms. The van der Waals surface area contributed by atoms with E-state index < -0.39 is 29.0 Å². The van der Waals surface area contributed by atoms with Crippen LogP contribution in [0.5, 0.6) is 11.6 Å². The summed E-state index contributed by atoms with van der Waals surface area (Å²) in [6.45, 7) is 2.24. The van der Waals surface area contributed by atoms with Gasteiger partial charge in [-0.1, -0.05) is 18.2 Å². The van der Waals surface area contributed by atoms with E-state index in [9.17, 15) is 27.2 Å². The highest BCUT2D eigenvalue weighted by atomic mass is 19.4. The number of carbonyl (C=O) groups excluding carboxylic acids is 2. The molecule has 2 aromatic heterocycles. The number of amides is 2. The summed E-state index contributed by atoms with van der Waals surface area (Å²) in [6.07, 6.45) is -1.43. The summed E-state index contributed by atoms with van der Waals surface area (Å²) >= 11 is 0. The zero-order valence-corrected chi connectivity index (χ0v) is 27.7. The Labute approximate surface area is 281 Å². The summed E-state index contributed by atoms with van der Waals surface area (Å²) in [5.74, 6) is -1.04. The molecule has 1 aliphatic heterocycles. The SMILES string of the molecule is COc1cc(-c2cc(C(=O)N3CC[C@H](C(=O)NC4CCC(c5ccccc5OC[C@@H](C)OC)(C(F)(F)F)CC4)CC34CC4)[nH]n2)c(F)cn1. The smallest absolute Gasteiger partial charge is 0.398 e. The summed E-state index contributed by atoms with van der Waals surface area (Å²) in [4.78, 5) is 32.7. The highest BCUT2D eigenvalue weighted by molar-refractivity contribution is 5.94. The molecule has 1 spiro atoms. The number of likely N-dealkylation sites (tertiary alicyclic amines) is 1. The highest BCUT2D eigenvalue weighted by Gasteiger charge is 2.58. The Kier molecular flexibility index (Phi) is 9.62. The number of aromatic amines is 1. The van der Waals surface area contributed by atoms with Gasteiger partial charge in [-0.05, 0) is 70.4 Å². The molecule has 0 unspecified atom stereocenters. The molecule has 264 valence electrons. The van der Waals surface area contributed by atoms with Gasteiger partial charge in [0.05, 0.1) is 30.5 Å². The Bertz CT molecular complexity index is 1670. The summed E-state index contributed by atoms with van der Waals surface area (Å²) in [6, 6.07) is 8.80. The lowest BCUT2D eigenvalue weighted by Gasteiger charge is -2.43. The molecule has 2 atom stereocenters. The normalized spacial score (nSPS) is 23.9. The fourth-order valence-electron chi connectivity index (χ4n) is 7.34. The lowest BCUT2D eigenvalue weighted by molar-refractivity contribution is -0.201. The lowest BCUT2D eigenvalue weighted by Crippen LogP contribution is -2.53. The zero-order valence-electron chi connectivity index (χ0n) is 27.7. The molecule has 10 nitrogen and oxygen atoms in total. The van der Waals surface area contributed by atoms with E-state index in [0.29, 0.717) is 19.4 Å². The van der Waals surface area contributed by atoms with Gasteiger partial charge in [-0.15, -0.1) is 0 Å². The quantitative estimate of drug-likeness (QED) is 0.252. The van der Waals surface area contributed by atoms with E-state index >= 15 is 0 Å². The van der Waals surface area contributed by atoms with E-state index in [1.165, 1.54) is 32.4 Å². The van der Waals surface area contributed by atoms with Crippen molar-refractivity contribution in [2.24, 2.45) is 5.92 Å². The second kappa shape index (κ2) is 13.6. The predicted octanol–water partition coefficient (Wildman–Crippen LogP) is 5.98. The number of carbonyl (C=O) groups is 2. The first kappa shape index (κ1) is 34.7. The van der Waals surface area contributed by atoms with E-state index in [1.807, 2.05) is 0 Å². The van der Waals surface area contributed by atoms with Gasteiger partial charge in [0, 0.05) is 48.3 Å². The third-order valence-electron chi connectivity index (χ3n) is 10.5. The molecular weight excluding hydrogens is 646 g/mol. The molecular formula is C35H41F4N5O5. The van der Waals surface area contributed by atoms with Crippen molar-refractivity contribution in [3.63, 3.8) is 0 Å². The first-order valence-corrected chi connectivity index (χ1v) is 16.6. The van der Waals surface area contributed by atoms with Crippen LogP contribution in [0.15, 0.2) is 42.6 Å². The monoisotopic (exact) mass is 687 g/mol. The van der Waals surface area contributed by atoms with Gasteiger partial charge in [0.2, 0.25) is 11.8 Å². The van der Waals surface area contributed by atoms with Crippen LogP contribution in [0.4, 0.5) is 17.6 Å². The number of methoxy groups -OCH3 is 2. The number of alkyl halides is 3. The van der Waals surface area contributed by atoms with Crippen molar-refractivity contribution in [1.82, 2.24) is 25.4 Å². The average Bonchev–Trinajstić information content (AvgIpc) is 3.67. The fourth-order valence-corrected chi connectivity index (χ4v) is 7.34. The zero-order chi connectivity index (χ0) is 35.0.